The highest BCUT2D eigenvalue weighted by Gasteiger charge is 2.31. The van der Waals surface area contributed by atoms with Crippen molar-refractivity contribution in [3.8, 4) is 0 Å². The molecule has 2 aromatic carbocycles. The molecule has 2 aromatic rings. The molecular formula is C25H30Cl2FN3O4S. The monoisotopic (exact) mass is 557 g/mol. The van der Waals surface area contributed by atoms with Crippen LogP contribution in [-0.4, -0.2) is 50.0 Å². The van der Waals surface area contributed by atoms with E-state index in [0.29, 0.717) is 5.02 Å². The third kappa shape index (κ3) is 7.57. The fourth-order valence-electron chi connectivity index (χ4n) is 4.19. The summed E-state index contributed by atoms with van der Waals surface area (Å²) in [6.45, 7) is 1.10. The fraction of sp³-hybridized carbons (Fsp3) is 0.440. The lowest BCUT2D eigenvalue weighted by Crippen LogP contribution is -2.52. The second kappa shape index (κ2) is 12.3. The molecule has 11 heteroatoms. The Labute approximate surface area is 221 Å². The van der Waals surface area contributed by atoms with Crippen LogP contribution in [0.3, 0.4) is 0 Å². The van der Waals surface area contributed by atoms with Gasteiger partial charge in [-0.25, -0.2) is 12.8 Å². The smallest absolute Gasteiger partial charge is 0.244 e. The summed E-state index contributed by atoms with van der Waals surface area (Å²) in [4.78, 5) is 28.0. The van der Waals surface area contributed by atoms with Gasteiger partial charge in [0.25, 0.3) is 0 Å². The first-order valence-electron chi connectivity index (χ1n) is 11.7. The molecule has 0 bridgehead atoms. The van der Waals surface area contributed by atoms with Gasteiger partial charge < -0.3 is 10.2 Å². The molecular weight excluding hydrogens is 528 g/mol. The number of amides is 2. The van der Waals surface area contributed by atoms with Gasteiger partial charge in [0.1, 0.15) is 18.4 Å². The third-order valence-electron chi connectivity index (χ3n) is 6.26. The molecule has 1 N–H and O–H groups in total. The largest absolute Gasteiger partial charge is 0.352 e. The standard InChI is InChI=1S/C25H30Cl2FN3O4S/c1-17(25(33)29-20-6-4-3-5-7-20)30(15-18-8-10-19(26)11-9-18)24(32)16-31(36(2,34)35)21-12-13-23(28)22(27)14-21/h8-14,17,20H,3-7,15-16H2,1-2H3,(H,29,33). The Morgan fingerprint density at radius 2 is 1.72 bits per heavy atom. The molecule has 1 aliphatic carbocycles. The number of halogens is 3. The number of sulfonamides is 1. The van der Waals surface area contributed by atoms with Crippen molar-refractivity contribution in [2.45, 2.75) is 57.7 Å². The van der Waals surface area contributed by atoms with Crippen LogP contribution in [0, 0.1) is 5.82 Å². The van der Waals surface area contributed by atoms with Gasteiger partial charge in [0.15, 0.2) is 0 Å². The summed E-state index contributed by atoms with van der Waals surface area (Å²) in [6.07, 6.45) is 5.93. The molecule has 1 fully saturated rings. The maximum Gasteiger partial charge on any atom is 0.244 e. The van der Waals surface area contributed by atoms with Crippen molar-refractivity contribution in [2.24, 2.45) is 0 Å². The first kappa shape index (κ1) is 28.2. The summed E-state index contributed by atoms with van der Waals surface area (Å²) in [6, 6.07) is 9.43. The highest BCUT2D eigenvalue weighted by molar-refractivity contribution is 7.92. The zero-order valence-electron chi connectivity index (χ0n) is 20.2. The molecule has 0 radical (unpaired) electrons. The highest BCUT2D eigenvalue weighted by Crippen LogP contribution is 2.25. The van der Waals surface area contributed by atoms with Gasteiger partial charge in [0, 0.05) is 17.6 Å². The zero-order chi connectivity index (χ0) is 26.5. The average molecular weight is 559 g/mol. The minimum Gasteiger partial charge on any atom is -0.352 e. The number of rotatable bonds is 9. The van der Waals surface area contributed by atoms with Crippen LogP contribution in [0.25, 0.3) is 0 Å². The van der Waals surface area contributed by atoms with Gasteiger partial charge in [-0.2, -0.15) is 0 Å². The van der Waals surface area contributed by atoms with Gasteiger partial charge in [-0.1, -0.05) is 54.6 Å². The van der Waals surface area contributed by atoms with Crippen LogP contribution >= 0.6 is 23.2 Å². The van der Waals surface area contributed by atoms with E-state index in [2.05, 4.69) is 5.32 Å². The Kier molecular flexibility index (Phi) is 9.60. The summed E-state index contributed by atoms with van der Waals surface area (Å²) in [7, 11) is -3.94. The van der Waals surface area contributed by atoms with E-state index < -0.39 is 34.3 Å². The van der Waals surface area contributed by atoms with Crippen LogP contribution in [0.5, 0.6) is 0 Å². The summed E-state index contributed by atoms with van der Waals surface area (Å²) in [5.74, 6) is -1.61. The van der Waals surface area contributed by atoms with E-state index in [-0.39, 0.29) is 29.2 Å². The molecule has 36 heavy (non-hydrogen) atoms. The Bertz CT molecular complexity index is 1190. The molecule has 0 heterocycles. The van der Waals surface area contributed by atoms with Crippen LogP contribution < -0.4 is 9.62 Å². The number of carbonyl (C=O) groups excluding carboxylic acids is 2. The van der Waals surface area contributed by atoms with Crippen molar-refractivity contribution < 1.29 is 22.4 Å². The van der Waals surface area contributed by atoms with E-state index in [1.165, 1.54) is 11.0 Å². The molecule has 0 aromatic heterocycles. The van der Waals surface area contributed by atoms with Gasteiger partial charge in [-0.3, -0.25) is 13.9 Å². The summed E-state index contributed by atoms with van der Waals surface area (Å²) < 4.78 is 39.7. The first-order chi connectivity index (χ1) is 17.0. The molecule has 0 aliphatic heterocycles. The Hall–Kier alpha value is -2.36. The van der Waals surface area contributed by atoms with Crippen molar-refractivity contribution in [3.05, 3.63) is 63.9 Å². The lowest BCUT2D eigenvalue weighted by atomic mass is 9.95. The molecule has 1 unspecified atom stereocenters. The lowest BCUT2D eigenvalue weighted by Gasteiger charge is -2.33. The van der Waals surface area contributed by atoms with Gasteiger partial charge in [0.2, 0.25) is 21.8 Å². The predicted octanol–water partition coefficient (Wildman–Crippen LogP) is 4.76. The first-order valence-corrected chi connectivity index (χ1v) is 14.3. The normalized spacial score (nSPS) is 15.2. The maximum atomic E-state index is 13.7. The van der Waals surface area contributed by atoms with Crippen molar-refractivity contribution in [1.29, 1.82) is 0 Å². The van der Waals surface area contributed by atoms with Gasteiger partial charge >= 0.3 is 0 Å². The van der Waals surface area contributed by atoms with Crippen LogP contribution in [-0.2, 0) is 26.2 Å². The molecule has 1 saturated carbocycles. The van der Waals surface area contributed by atoms with Crippen LogP contribution in [0.4, 0.5) is 10.1 Å². The fourth-order valence-corrected chi connectivity index (χ4v) is 5.33. The SMILES string of the molecule is CC(C(=O)NC1CCCCC1)N(Cc1ccc(Cl)cc1)C(=O)CN(c1ccc(F)c(Cl)c1)S(C)(=O)=O. The van der Waals surface area contributed by atoms with E-state index in [4.69, 9.17) is 23.2 Å². The second-order valence-corrected chi connectivity index (χ2v) is 11.8. The third-order valence-corrected chi connectivity index (χ3v) is 7.94. The van der Waals surface area contributed by atoms with E-state index in [1.54, 1.807) is 31.2 Å². The Balaban J connectivity index is 1.87. The summed E-state index contributed by atoms with van der Waals surface area (Å²) >= 11 is 11.8. The quantitative estimate of drug-likeness (QED) is 0.481. The van der Waals surface area contributed by atoms with Gasteiger partial charge in [-0.15, -0.1) is 0 Å². The average Bonchev–Trinajstić information content (AvgIpc) is 2.83. The van der Waals surface area contributed by atoms with E-state index in [0.717, 1.165) is 60.4 Å². The number of nitrogens with zero attached hydrogens (tertiary/aromatic N) is 2. The van der Waals surface area contributed by atoms with E-state index in [1.807, 2.05) is 0 Å². The molecule has 3 rings (SSSR count). The van der Waals surface area contributed by atoms with E-state index in [9.17, 15) is 22.4 Å². The maximum absolute atomic E-state index is 13.7. The van der Waals surface area contributed by atoms with Crippen molar-refractivity contribution in [3.63, 3.8) is 0 Å². The van der Waals surface area contributed by atoms with Crippen molar-refractivity contribution >= 4 is 50.7 Å². The Morgan fingerprint density at radius 3 is 2.31 bits per heavy atom. The number of carbonyl (C=O) groups is 2. The zero-order valence-corrected chi connectivity index (χ0v) is 22.5. The molecule has 2 amide bonds. The number of hydrogen-bond donors (Lipinski definition) is 1. The number of anilines is 1. The predicted molar refractivity (Wildman–Crippen MR) is 140 cm³/mol. The minimum atomic E-state index is -3.94. The van der Waals surface area contributed by atoms with E-state index >= 15 is 0 Å². The second-order valence-electron chi connectivity index (χ2n) is 9.04. The molecule has 1 atom stereocenters. The van der Waals surface area contributed by atoms with Gasteiger partial charge in [0.05, 0.1) is 17.0 Å². The van der Waals surface area contributed by atoms with Crippen LogP contribution in [0.15, 0.2) is 42.5 Å². The highest BCUT2D eigenvalue weighted by atomic mass is 35.5. The topological polar surface area (TPSA) is 86.8 Å². The Morgan fingerprint density at radius 1 is 1.08 bits per heavy atom. The molecule has 196 valence electrons. The van der Waals surface area contributed by atoms with Crippen LogP contribution in [0.1, 0.15) is 44.6 Å². The van der Waals surface area contributed by atoms with Crippen molar-refractivity contribution in [2.75, 3.05) is 17.1 Å². The van der Waals surface area contributed by atoms with Crippen LogP contribution in [0.2, 0.25) is 10.0 Å². The molecule has 1 aliphatic rings. The molecule has 0 spiro atoms. The number of nitrogens with one attached hydrogen (secondary N) is 1. The van der Waals surface area contributed by atoms with Gasteiger partial charge in [-0.05, 0) is 55.7 Å². The number of benzene rings is 2. The number of hydrogen-bond acceptors (Lipinski definition) is 4. The molecule has 7 nitrogen and oxygen atoms in total. The van der Waals surface area contributed by atoms with Crippen molar-refractivity contribution in [1.82, 2.24) is 10.2 Å². The minimum absolute atomic E-state index is 0.0444. The summed E-state index contributed by atoms with van der Waals surface area (Å²) in [5, 5.41) is 3.29. The lowest BCUT2D eigenvalue weighted by molar-refractivity contribution is -0.139. The summed E-state index contributed by atoms with van der Waals surface area (Å²) in [5.41, 5.74) is 0.767. The molecule has 0 saturated heterocycles.